The zero-order valence-corrected chi connectivity index (χ0v) is 41.4. The molecule has 5 nitrogen and oxygen atoms in total. The quantitative estimate of drug-likeness (QED) is 0.160. The minimum Gasteiger partial charge on any atom is -0.309 e. The van der Waals surface area contributed by atoms with E-state index in [1.165, 1.54) is 71.2 Å². The Morgan fingerprint density at radius 1 is 0.293 bits per heavy atom. The van der Waals surface area contributed by atoms with Crippen molar-refractivity contribution in [1.29, 1.82) is 0 Å². The first kappa shape index (κ1) is 42.9. The zero-order chi connectivity index (χ0) is 49.8. The summed E-state index contributed by atoms with van der Waals surface area (Å²) < 4.78 is 4.87. The van der Waals surface area contributed by atoms with E-state index in [0.717, 1.165) is 55.8 Å². The molecule has 0 saturated heterocycles. The van der Waals surface area contributed by atoms with Gasteiger partial charge in [-0.15, -0.1) is 0 Å². The van der Waals surface area contributed by atoms with Crippen LogP contribution < -0.4 is 0 Å². The molecule has 0 N–H and O–H groups in total. The second kappa shape index (κ2) is 16.7. The maximum absolute atomic E-state index is 5.27. The van der Waals surface area contributed by atoms with Crippen LogP contribution in [0.15, 0.2) is 249 Å². The summed E-state index contributed by atoms with van der Waals surface area (Å²) in [6.45, 7) is 4.80. The van der Waals surface area contributed by atoms with Crippen LogP contribution in [0.5, 0.6) is 0 Å². The number of hydrogen-bond acceptors (Lipinski definition) is 3. The third-order valence-corrected chi connectivity index (χ3v) is 15.7. The highest BCUT2D eigenvalue weighted by atomic mass is 15.0. The molecule has 15 rings (SSSR count). The van der Waals surface area contributed by atoms with Crippen LogP contribution in [0.3, 0.4) is 0 Å². The summed E-state index contributed by atoms with van der Waals surface area (Å²) in [5.41, 5.74) is 19.2. The summed E-state index contributed by atoms with van der Waals surface area (Å²) in [6, 6.07) is 89.9. The molecule has 5 heteroatoms. The molecule has 1 aliphatic carbocycles. The van der Waals surface area contributed by atoms with Crippen LogP contribution in [-0.2, 0) is 5.41 Å². The topological polar surface area (TPSA) is 48.5 Å². The maximum Gasteiger partial charge on any atom is 0.164 e. The fourth-order valence-corrected chi connectivity index (χ4v) is 12.2. The van der Waals surface area contributed by atoms with E-state index < -0.39 is 0 Å². The van der Waals surface area contributed by atoms with Crippen molar-refractivity contribution >= 4 is 54.4 Å². The standard InChI is InChI=1S/C70H47N5/c1-70(2)61-43-65-60(42-57(61)56-34-31-45-21-15-16-28-54(45)66(56)70)59-41-49(48-32-35-63-58(40-48)55-29-17-18-30-62(55)74(63)52-26-13-6-14-27-52)33-36-64(59)75(65)53-38-50(44-19-7-3-8-20-44)37-51(39-53)69-72-67(46-22-9-4-10-23-46)71-68(73-69)47-24-11-5-12-25-47/h3-43H,1-2H3. The molecule has 0 saturated carbocycles. The molecular weight excluding hydrogens is 911 g/mol. The third-order valence-electron chi connectivity index (χ3n) is 15.7. The number of nitrogens with zero attached hydrogens (tertiary/aromatic N) is 5. The molecule has 0 aliphatic heterocycles. The lowest BCUT2D eigenvalue weighted by atomic mass is 9.80. The predicted octanol–water partition coefficient (Wildman–Crippen LogP) is 17.9. The first-order valence-electron chi connectivity index (χ1n) is 25.8. The Labute approximate surface area is 434 Å². The van der Waals surface area contributed by atoms with E-state index in [2.05, 4.69) is 235 Å². The van der Waals surface area contributed by atoms with Crippen molar-refractivity contribution in [3.05, 3.63) is 260 Å². The number of hydrogen-bond donors (Lipinski definition) is 0. The van der Waals surface area contributed by atoms with Crippen molar-refractivity contribution in [2.45, 2.75) is 19.3 Å². The van der Waals surface area contributed by atoms with E-state index >= 15 is 0 Å². The predicted molar refractivity (Wildman–Crippen MR) is 311 cm³/mol. The van der Waals surface area contributed by atoms with Crippen molar-refractivity contribution in [1.82, 2.24) is 24.1 Å². The summed E-state index contributed by atoms with van der Waals surface area (Å²) in [4.78, 5) is 15.6. The van der Waals surface area contributed by atoms with Crippen molar-refractivity contribution in [3.8, 4) is 78.9 Å². The van der Waals surface area contributed by atoms with Crippen LogP contribution in [0, 0.1) is 0 Å². The van der Waals surface area contributed by atoms with Crippen LogP contribution in [0.2, 0.25) is 0 Å². The summed E-state index contributed by atoms with van der Waals surface area (Å²) >= 11 is 0. The molecule has 3 heterocycles. The molecule has 0 unspecified atom stereocenters. The van der Waals surface area contributed by atoms with Crippen LogP contribution >= 0.6 is 0 Å². The Morgan fingerprint density at radius 3 is 1.44 bits per heavy atom. The van der Waals surface area contributed by atoms with E-state index in [1.807, 2.05) is 36.4 Å². The highest BCUT2D eigenvalue weighted by molar-refractivity contribution is 6.15. The first-order valence-corrected chi connectivity index (χ1v) is 25.8. The molecule has 75 heavy (non-hydrogen) atoms. The van der Waals surface area contributed by atoms with Gasteiger partial charge in [0.15, 0.2) is 17.5 Å². The van der Waals surface area contributed by atoms with Crippen molar-refractivity contribution in [2.24, 2.45) is 0 Å². The van der Waals surface area contributed by atoms with Gasteiger partial charge in [0.1, 0.15) is 0 Å². The van der Waals surface area contributed by atoms with E-state index in [1.54, 1.807) is 0 Å². The average molecular weight is 958 g/mol. The fraction of sp³-hybridized carbons (Fsp3) is 0.0429. The second-order valence-electron chi connectivity index (χ2n) is 20.4. The van der Waals surface area contributed by atoms with Gasteiger partial charge in [0, 0.05) is 55.0 Å². The number of fused-ring (bicyclic) bond motifs is 11. The molecule has 1 aliphatic rings. The van der Waals surface area contributed by atoms with Gasteiger partial charge in [-0.1, -0.05) is 190 Å². The Bertz CT molecular complexity index is 4530. The van der Waals surface area contributed by atoms with Gasteiger partial charge in [0.2, 0.25) is 0 Å². The summed E-state index contributed by atoms with van der Waals surface area (Å²) in [5.74, 6) is 1.87. The highest BCUT2D eigenvalue weighted by Gasteiger charge is 2.38. The van der Waals surface area contributed by atoms with E-state index in [9.17, 15) is 0 Å². The van der Waals surface area contributed by atoms with Gasteiger partial charge in [-0.25, -0.2) is 15.0 Å². The molecular formula is C70H47N5. The number of rotatable bonds is 7. The Balaban J connectivity index is 0.993. The molecule has 0 fully saturated rings. The van der Waals surface area contributed by atoms with Crippen LogP contribution in [0.1, 0.15) is 25.0 Å². The zero-order valence-electron chi connectivity index (χ0n) is 41.4. The van der Waals surface area contributed by atoms with Crippen LogP contribution in [-0.4, -0.2) is 24.1 Å². The lowest BCUT2D eigenvalue weighted by molar-refractivity contribution is 0.667. The number of para-hydroxylation sites is 2. The molecule has 11 aromatic carbocycles. The van der Waals surface area contributed by atoms with Crippen LogP contribution in [0.25, 0.3) is 133 Å². The van der Waals surface area contributed by atoms with Gasteiger partial charge < -0.3 is 9.13 Å². The Morgan fingerprint density at radius 2 is 0.787 bits per heavy atom. The van der Waals surface area contributed by atoms with Gasteiger partial charge in [-0.3, -0.25) is 0 Å². The Kier molecular flexibility index (Phi) is 9.54. The molecule has 0 amide bonds. The minimum atomic E-state index is -0.260. The molecule has 0 bridgehead atoms. The molecule has 14 aromatic rings. The fourth-order valence-electron chi connectivity index (χ4n) is 12.2. The highest BCUT2D eigenvalue weighted by Crippen LogP contribution is 2.54. The monoisotopic (exact) mass is 957 g/mol. The molecule has 352 valence electrons. The summed E-state index contributed by atoms with van der Waals surface area (Å²) in [7, 11) is 0. The summed E-state index contributed by atoms with van der Waals surface area (Å²) in [6.07, 6.45) is 0. The largest absolute Gasteiger partial charge is 0.309 e. The average Bonchev–Trinajstić information content (AvgIpc) is 4.09. The normalized spacial score (nSPS) is 12.8. The smallest absolute Gasteiger partial charge is 0.164 e. The van der Waals surface area contributed by atoms with Gasteiger partial charge in [-0.05, 0) is 128 Å². The van der Waals surface area contributed by atoms with Crippen molar-refractivity contribution in [3.63, 3.8) is 0 Å². The van der Waals surface area contributed by atoms with E-state index in [-0.39, 0.29) is 5.41 Å². The third kappa shape index (κ3) is 6.82. The number of aromatic nitrogens is 5. The van der Waals surface area contributed by atoms with Gasteiger partial charge >= 0.3 is 0 Å². The Hall–Kier alpha value is -9.71. The van der Waals surface area contributed by atoms with Gasteiger partial charge in [-0.2, -0.15) is 0 Å². The summed E-state index contributed by atoms with van der Waals surface area (Å²) in [5, 5.41) is 7.43. The van der Waals surface area contributed by atoms with E-state index in [4.69, 9.17) is 15.0 Å². The second-order valence-corrected chi connectivity index (χ2v) is 20.4. The number of benzene rings is 11. The molecule has 0 atom stereocenters. The van der Waals surface area contributed by atoms with E-state index in [0.29, 0.717) is 17.5 Å². The lowest BCUT2D eigenvalue weighted by Crippen LogP contribution is -2.15. The minimum absolute atomic E-state index is 0.260. The SMILES string of the molecule is CC1(C)c2cc3c(cc2-c2ccc4ccccc4c21)c1cc(-c2ccc4c(c2)c2ccccc2n4-c2ccccc2)ccc1n3-c1cc(-c2ccccc2)cc(-c2nc(-c3ccccc3)nc(-c3ccccc3)n2)c1. The van der Waals surface area contributed by atoms with Crippen LogP contribution in [0.4, 0.5) is 0 Å². The molecule has 0 spiro atoms. The molecule has 3 aromatic heterocycles. The first-order chi connectivity index (χ1) is 36.9. The van der Waals surface area contributed by atoms with Gasteiger partial charge in [0.25, 0.3) is 0 Å². The van der Waals surface area contributed by atoms with Gasteiger partial charge in [0.05, 0.1) is 22.1 Å². The van der Waals surface area contributed by atoms with Crippen molar-refractivity contribution < 1.29 is 0 Å². The maximum atomic E-state index is 5.27. The van der Waals surface area contributed by atoms with Crippen molar-refractivity contribution in [2.75, 3.05) is 0 Å². The lowest BCUT2D eigenvalue weighted by Gasteiger charge is -2.23. The molecule has 0 radical (unpaired) electrons.